The molecule has 2 aromatic carbocycles. The summed E-state index contributed by atoms with van der Waals surface area (Å²) >= 11 is 6.10. The number of carbonyl (C=O) groups is 2. The predicted molar refractivity (Wildman–Crippen MR) is 116 cm³/mol. The minimum Gasteiger partial charge on any atom is -0.495 e. The Kier molecular flexibility index (Phi) is 6.20. The summed E-state index contributed by atoms with van der Waals surface area (Å²) in [5, 5.41) is 3.18. The molecule has 2 aromatic rings. The number of carbonyl (C=O) groups excluding carboxylic acids is 2. The van der Waals surface area contributed by atoms with Gasteiger partial charge in [0.2, 0.25) is 6.79 Å². The van der Waals surface area contributed by atoms with Gasteiger partial charge in [0.05, 0.1) is 12.8 Å². The lowest BCUT2D eigenvalue weighted by Gasteiger charge is -2.34. The quantitative estimate of drug-likeness (QED) is 0.729. The van der Waals surface area contributed by atoms with Gasteiger partial charge in [0, 0.05) is 43.8 Å². The number of methoxy groups -OCH3 is 1. The molecular formula is C22H24ClN3O5. The number of piperazine rings is 1. The molecule has 1 N–H and O–H groups in total. The molecule has 2 aliphatic rings. The first kappa shape index (κ1) is 21.3. The monoisotopic (exact) mass is 445 g/mol. The van der Waals surface area contributed by atoms with E-state index in [1.54, 1.807) is 17.0 Å². The van der Waals surface area contributed by atoms with Gasteiger partial charge in [0.25, 0.3) is 0 Å². The van der Waals surface area contributed by atoms with Gasteiger partial charge in [0.15, 0.2) is 11.5 Å². The molecule has 2 amide bonds. The number of ether oxygens (including phenoxy) is 3. The molecule has 8 nitrogen and oxygen atoms in total. The third kappa shape index (κ3) is 4.70. The van der Waals surface area contributed by atoms with Crippen LogP contribution in [0.1, 0.15) is 11.1 Å². The molecule has 0 aromatic heterocycles. The van der Waals surface area contributed by atoms with Crippen LogP contribution >= 0.6 is 11.6 Å². The molecule has 31 heavy (non-hydrogen) atoms. The highest BCUT2D eigenvalue weighted by atomic mass is 35.5. The first-order chi connectivity index (χ1) is 14.9. The first-order valence-corrected chi connectivity index (χ1v) is 10.4. The lowest BCUT2D eigenvalue weighted by Crippen LogP contribution is -2.51. The predicted octanol–water partition coefficient (Wildman–Crippen LogP) is 2.67. The zero-order valence-corrected chi connectivity index (χ0v) is 18.2. The van der Waals surface area contributed by atoms with Gasteiger partial charge in [0.1, 0.15) is 5.75 Å². The van der Waals surface area contributed by atoms with Crippen LogP contribution in [0.2, 0.25) is 5.02 Å². The molecule has 2 heterocycles. The van der Waals surface area contributed by atoms with E-state index in [1.165, 1.54) is 7.11 Å². The number of halogens is 1. The van der Waals surface area contributed by atoms with Crippen LogP contribution in [-0.4, -0.2) is 61.7 Å². The summed E-state index contributed by atoms with van der Waals surface area (Å²) in [6.07, 6.45) is 0. The average Bonchev–Trinajstić information content (AvgIpc) is 3.24. The van der Waals surface area contributed by atoms with Crippen LogP contribution < -0.4 is 19.5 Å². The maximum Gasteiger partial charge on any atom is 0.314 e. The fraction of sp³-hybridized carbons (Fsp3) is 0.364. The molecule has 0 aliphatic carbocycles. The van der Waals surface area contributed by atoms with Crippen LogP contribution in [0.3, 0.4) is 0 Å². The number of hydrogen-bond acceptors (Lipinski definition) is 6. The summed E-state index contributed by atoms with van der Waals surface area (Å²) in [6, 6.07) is 9.21. The number of anilines is 1. The number of amides is 2. The van der Waals surface area contributed by atoms with E-state index >= 15 is 0 Å². The van der Waals surface area contributed by atoms with Gasteiger partial charge < -0.3 is 24.4 Å². The second-order valence-electron chi connectivity index (χ2n) is 7.51. The number of aryl methyl sites for hydroxylation is 1. The topological polar surface area (TPSA) is 80.3 Å². The van der Waals surface area contributed by atoms with Crippen molar-refractivity contribution in [1.82, 2.24) is 9.80 Å². The van der Waals surface area contributed by atoms with Crippen molar-refractivity contribution in [3.63, 3.8) is 0 Å². The smallest absolute Gasteiger partial charge is 0.314 e. The molecule has 0 spiro atoms. The number of hydrogen-bond donors (Lipinski definition) is 1. The molecule has 0 radical (unpaired) electrons. The van der Waals surface area contributed by atoms with Gasteiger partial charge in [-0.2, -0.15) is 0 Å². The van der Waals surface area contributed by atoms with Crippen molar-refractivity contribution in [2.75, 3.05) is 45.4 Å². The van der Waals surface area contributed by atoms with E-state index in [2.05, 4.69) is 10.2 Å². The largest absolute Gasteiger partial charge is 0.495 e. The minimum atomic E-state index is -0.691. The van der Waals surface area contributed by atoms with E-state index in [4.69, 9.17) is 25.8 Å². The highest BCUT2D eigenvalue weighted by Crippen LogP contribution is 2.33. The van der Waals surface area contributed by atoms with E-state index in [0.717, 1.165) is 29.2 Å². The standard InChI is InChI=1S/C22H24ClN3O5/c1-14-9-17(19(29-2)11-16(14)23)24-21(27)22(28)26-7-5-25(6-8-26)12-15-3-4-18-20(10-15)31-13-30-18/h3-4,9-11H,5-8,12-13H2,1-2H3,(H,24,27). The molecule has 1 saturated heterocycles. The van der Waals surface area contributed by atoms with Crippen molar-refractivity contribution in [2.24, 2.45) is 0 Å². The molecule has 164 valence electrons. The van der Waals surface area contributed by atoms with E-state index < -0.39 is 11.8 Å². The Balaban J connectivity index is 1.32. The zero-order valence-electron chi connectivity index (χ0n) is 17.4. The molecule has 0 bridgehead atoms. The highest BCUT2D eigenvalue weighted by molar-refractivity contribution is 6.39. The fourth-order valence-corrected chi connectivity index (χ4v) is 3.81. The van der Waals surface area contributed by atoms with Crippen molar-refractivity contribution in [1.29, 1.82) is 0 Å². The summed E-state index contributed by atoms with van der Waals surface area (Å²) in [6.45, 7) is 5.13. The van der Waals surface area contributed by atoms with Gasteiger partial charge in [-0.1, -0.05) is 17.7 Å². The lowest BCUT2D eigenvalue weighted by atomic mass is 10.1. The molecule has 4 rings (SSSR count). The Labute approximate surface area is 185 Å². The van der Waals surface area contributed by atoms with Crippen LogP contribution in [-0.2, 0) is 16.1 Å². The summed E-state index contributed by atoms with van der Waals surface area (Å²) in [5.41, 5.74) is 2.32. The molecule has 0 unspecified atom stereocenters. The van der Waals surface area contributed by atoms with Gasteiger partial charge in [-0.15, -0.1) is 0 Å². The third-order valence-electron chi connectivity index (χ3n) is 5.43. The second-order valence-corrected chi connectivity index (χ2v) is 7.92. The first-order valence-electron chi connectivity index (χ1n) is 10.00. The van der Waals surface area contributed by atoms with E-state index in [-0.39, 0.29) is 6.79 Å². The Bertz CT molecular complexity index is 1000. The van der Waals surface area contributed by atoms with Gasteiger partial charge in [-0.05, 0) is 36.2 Å². The molecule has 1 fully saturated rings. The van der Waals surface area contributed by atoms with Crippen LogP contribution in [0, 0.1) is 6.92 Å². The third-order valence-corrected chi connectivity index (χ3v) is 5.83. The number of nitrogens with zero attached hydrogens (tertiary/aromatic N) is 2. The Morgan fingerprint density at radius 3 is 2.58 bits per heavy atom. The molecule has 9 heteroatoms. The maximum atomic E-state index is 12.6. The summed E-state index contributed by atoms with van der Waals surface area (Å²) in [5.74, 6) is 0.681. The second kappa shape index (κ2) is 9.03. The van der Waals surface area contributed by atoms with Gasteiger partial charge in [-0.25, -0.2) is 0 Å². The lowest BCUT2D eigenvalue weighted by molar-refractivity contribution is -0.144. The fourth-order valence-electron chi connectivity index (χ4n) is 3.66. The zero-order chi connectivity index (χ0) is 22.0. The van der Waals surface area contributed by atoms with Crippen molar-refractivity contribution < 1.29 is 23.8 Å². The Morgan fingerprint density at radius 2 is 1.84 bits per heavy atom. The number of nitrogens with one attached hydrogen (secondary N) is 1. The van der Waals surface area contributed by atoms with Gasteiger partial charge in [-0.3, -0.25) is 14.5 Å². The molecule has 0 atom stereocenters. The van der Waals surface area contributed by atoms with Crippen molar-refractivity contribution in [3.05, 3.63) is 46.5 Å². The van der Waals surface area contributed by atoms with Crippen LogP contribution in [0.5, 0.6) is 17.2 Å². The molecule has 0 saturated carbocycles. The van der Waals surface area contributed by atoms with Gasteiger partial charge >= 0.3 is 11.8 Å². The highest BCUT2D eigenvalue weighted by Gasteiger charge is 2.27. The summed E-state index contributed by atoms with van der Waals surface area (Å²) in [7, 11) is 1.48. The summed E-state index contributed by atoms with van der Waals surface area (Å²) in [4.78, 5) is 29.0. The van der Waals surface area contributed by atoms with Crippen molar-refractivity contribution in [3.8, 4) is 17.2 Å². The molecule has 2 aliphatic heterocycles. The molecular weight excluding hydrogens is 422 g/mol. The summed E-state index contributed by atoms with van der Waals surface area (Å²) < 4.78 is 16.0. The average molecular weight is 446 g/mol. The maximum absolute atomic E-state index is 12.6. The van der Waals surface area contributed by atoms with Crippen molar-refractivity contribution >= 4 is 29.1 Å². The van der Waals surface area contributed by atoms with Crippen LogP contribution in [0.25, 0.3) is 0 Å². The Morgan fingerprint density at radius 1 is 1.10 bits per heavy atom. The van der Waals surface area contributed by atoms with Crippen LogP contribution in [0.15, 0.2) is 30.3 Å². The van der Waals surface area contributed by atoms with E-state index in [9.17, 15) is 9.59 Å². The normalized spacial score (nSPS) is 15.6. The number of benzene rings is 2. The Hall–Kier alpha value is -2.97. The van der Waals surface area contributed by atoms with Crippen molar-refractivity contribution in [2.45, 2.75) is 13.5 Å². The SMILES string of the molecule is COc1cc(Cl)c(C)cc1NC(=O)C(=O)N1CCN(Cc2ccc3c(c2)OCO3)CC1. The van der Waals surface area contributed by atoms with Crippen LogP contribution in [0.4, 0.5) is 5.69 Å². The number of rotatable bonds is 4. The minimum absolute atomic E-state index is 0.253. The van der Waals surface area contributed by atoms with E-state index in [1.807, 2.05) is 25.1 Å². The van der Waals surface area contributed by atoms with E-state index in [0.29, 0.717) is 42.6 Å². The number of fused-ring (bicyclic) bond motifs is 1.